The smallest absolute Gasteiger partial charge is 0.298 e. The quantitative estimate of drug-likeness (QED) is 0.601. The zero-order valence-electron chi connectivity index (χ0n) is 7.14. The summed E-state index contributed by atoms with van der Waals surface area (Å²) in [5.41, 5.74) is 5.27. The third-order valence-corrected chi connectivity index (χ3v) is 4.25. The molecule has 1 heterocycles. The minimum absolute atomic E-state index is 0.205. The van der Waals surface area contributed by atoms with Crippen LogP contribution in [0.3, 0.4) is 0 Å². The van der Waals surface area contributed by atoms with Crippen LogP contribution in [0, 0.1) is 0 Å². The second-order valence-electron chi connectivity index (χ2n) is 3.42. The van der Waals surface area contributed by atoms with Crippen LogP contribution in [0.15, 0.2) is 4.40 Å². The molecule has 5 nitrogen and oxygen atoms in total. The molecule has 0 aromatic carbocycles. The number of fused-ring (bicyclic) bond motifs is 1. The average molecular weight is 204 g/mol. The summed E-state index contributed by atoms with van der Waals surface area (Å²) in [6.45, 7) is 0. The number of nitrogens with two attached hydrogens (primary N) is 1. The van der Waals surface area contributed by atoms with Crippen molar-refractivity contribution in [1.82, 2.24) is 0 Å². The van der Waals surface area contributed by atoms with Gasteiger partial charge in [0.15, 0.2) is 0 Å². The molecule has 0 radical (unpaired) electrons. The maximum Gasteiger partial charge on any atom is 0.298 e. The van der Waals surface area contributed by atoms with Gasteiger partial charge in [-0.2, -0.15) is 0 Å². The summed E-state index contributed by atoms with van der Waals surface area (Å²) in [6.07, 6.45) is 3.07. The van der Waals surface area contributed by atoms with Gasteiger partial charge in [-0.25, -0.2) is 8.42 Å². The summed E-state index contributed by atoms with van der Waals surface area (Å²) in [5.74, 6) is 0. The number of rotatable bonds is 0. The van der Waals surface area contributed by atoms with E-state index in [9.17, 15) is 8.42 Å². The van der Waals surface area contributed by atoms with Gasteiger partial charge in [-0.1, -0.05) is 6.42 Å². The van der Waals surface area contributed by atoms with Gasteiger partial charge in [-0.05, 0) is 19.3 Å². The summed E-state index contributed by atoms with van der Waals surface area (Å²) in [4.78, 5) is 0. The van der Waals surface area contributed by atoms with Crippen LogP contribution in [0.4, 0.5) is 0 Å². The van der Waals surface area contributed by atoms with Crippen LogP contribution in [-0.4, -0.2) is 25.8 Å². The van der Waals surface area contributed by atoms with Crippen molar-refractivity contribution in [2.24, 2.45) is 10.1 Å². The van der Waals surface area contributed by atoms with Crippen molar-refractivity contribution in [3.8, 4) is 0 Å². The molecule has 2 N–H and O–H groups in total. The van der Waals surface area contributed by atoms with Crippen molar-refractivity contribution < 1.29 is 13.2 Å². The Morgan fingerprint density at radius 3 is 2.85 bits per heavy atom. The number of sulfonamides is 1. The minimum atomic E-state index is -3.39. The standard InChI is InChI=1S/C7H12N2O3S/c8-7-9-13(10,11)6-4-2-1-3-5(6)12-7/h5-6H,1-4H2,(H2,8,9). The molecule has 74 valence electrons. The topological polar surface area (TPSA) is 81.8 Å². The number of ether oxygens (including phenoxy) is 1. The molecule has 2 unspecified atom stereocenters. The first-order valence-electron chi connectivity index (χ1n) is 4.35. The Morgan fingerprint density at radius 2 is 2.08 bits per heavy atom. The molecule has 1 aliphatic carbocycles. The number of hydrogen-bond acceptors (Lipinski definition) is 4. The largest absolute Gasteiger partial charge is 0.460 e. The Bertz CT molecular complexity index is 336. The van der Waals surface area contributed by atoms with Crippen molar-refractivity contribution in [3.05, 3.63) is 0 Å². The lowest BCUT2D eigenvalue weighted by Crippen LogP contribution is -2.45. The van der Waals surface area contributed by atoms with Gasteiger partial charge < -0.3 is 10.5 Å². The SMILES string of the molecule is NC1=NS(=O)(=O)C2CCCCC2O1. The van der Waals surface area contributed by atoms with E-state index in [1.807, 2.05) is 0 Å². The summed E-state index contributed by atoms with van der Waals surface area (Å²) in [7, 11) is -3.39. The molecule has 13 heavy (non-hydrogen) atoms. The molecular weight excluding hydrogens is 192 g/mol. The predicted molar refractivity (Wildman–Crippen MR) is 47.7 cm³/mol. The van der Waals surface area contributed by atoms with Crippen LogP contribution in [0.1, 0.15) is 25.7 Å². The summed E-state index contributed by atoms with van der Waals surface area (Å²) in [6, 6.07) is -0.205. The van der Waals surface area contributed by atoms with Gasteiger partial charge in [-0.3, -0.25) is 0 Å². The molecule has 6 heteroatoms. The maximum absolute atomic E-state index is 11.5. The molecule has 0 bridgehead atoms. The first kappa shape index (κ1) is 8.80. The Balaban J connectivity index is 2.34. The number of amidine groups is 1. The molecular formula is C7H12N2O3S. The highest BCUT2D eigenvalue weighted by molar-refractivity contribution is 7.91. The molecule has 0 aromatic rings. The minimum Gasteiger partial charge on any atom is -0.460 e. The van der Waals surface area contributed by atoms with Gasteiger partial charge in [0.25, 0.3) is 16.0 Å². The average Bonchev–Trinajstić information content (AvgIpc) is 2.02. The van der Waals surface area contributed by atoms with E-state index in [2.05, 4.69) is 4.40 Å². The number of nitrogens with zero attached hydrogens (tertiary/aromatic N) is 1. The Hall–Kier alpha value is -0.780. The van der Waals surface area contributed by atoms with Crippen LogP contribution in [0.5, 0.6) is 0 Å². The lowest BCUT2D eigenvalue weighted by Gasteiger charge is -2.32. The Labute approximate surface area is 77.0 Å². The predicted octanol–water partition coefficient (Wildman–Crippen LogP) is -0.0277. The zero-order valence-corrected chi connectivity index (χ0v) is 7.96. The lowest BCUT2D eigenvalue weighted by atomic mass is 9.97. The van der Waals surface area contributed by atoms with Crippen molar-refractivity contribution in [2.75, 3.05) is 0 Å². The van der Waals surface area contributed by atoms with Crippen molar-refractivity contribution in [3.63, 3.8) is 0 Å². The normalized spacial score (nSPS) is 37.1. The van der Waals surface area contributed by atoms with E-state index in [-0.39, 0.29) is 12.1 Å². The highest BCUT2D eigenvalue weighted by Gasteiger charge is 2.40. The van der Waals surface area contributed by atoms with Crippen LogP contribution in [0.25, 0.3) is 0 Å². The third-order valence-electron chi connectivity index (χ3n) is 2.51. The van der Waals surface area contributed by atoms with E-state index in [1.54, 1.807) is 0 Å². The first-order chi connectivity index (χ1) is 6.09. The summed E-state index contributed by atoms with van der Waals surface area (Å²) < 4.78 is 31.5. The third kappa shape index (κ3) is 1.50. The highest BCUT2D eigenvalue weighted by Crippen LogP contribution is 2.30. The molecule has 1 aliphatic heterocycles. The van der Waals surface area contributed by atoms with E-state index < -0.39 is 15.3 Å². The maximum atomic E-state index is 11.5. The van der Waals surface area contributed by atoms with E-state index in [0.29, 0.717) is 6.42 Å². The van der Waals surface area contributed by atoms with Gasteiger partial charge >= 0.3 is 0 Å². The molecule has 1 saturated carbocycles. The lowest BCUT2D eigenvalue weighted by molar-refractivity contribution is 0.138. The van der Waals surface area contributed by atoms with E-state index in [1.165, 1.54) is 0 Å². The highest BCUT2D eigenvalue weighted by atomic mass is 32.2. The van der Waals surface area contributed by atoms with Gasteiger partial charge in [0.1, 0.15) is 11.4 Å². The number of hydrogen-bond donors (Lipinski definition) is 1. The Kier molecular flexibility index (Phi) is 1.94. The molecule has 2 atom stereocenters. The van der Waals surface area contributed by atoms with Gasteiger partial charge in [0.05, 0.1) is 0 Å². The van der Waals surface area contributed by atoms with E-state index in [0.717, 1.165) is 19.3 Å². The second kappa shape index (κ2) is 2.87. The molecule has 0 saturated heterocycles. The molecule has 0 aromatic heterocycles. The van der Waals surface area contributed by atoms with Gasteiger partial charge in [0.2, 0.25) is 0 Å². The monoisotopic (exact) mass is 204 g/mol. The van der Waals surface area contributed by atoms with Crippen molar-refractivity contribution in [1.29, 1.82) is 0 Å². The van der Waals surface area contributed by atoms with Crippen molar-refractivity contribution >= 4 is 16.0 Å². The van der Waals surface area contributed by atoms with Crippen LogP contribution in [0.2, 0.25) is 0 Å². The molecule has 2 rings (SSSR count). The fraction of sp³-hybridized carbons (Fsp3) is 0.857. The molecule has 0 spiro atoms. The Morgan fingerprint density at radius 1 is 1.38 bits per heavy atom. The zero-order chi connectivity index (χ0) is 9.47. The molecule has 1 fully saturated rings. The van der Waals surface area contributed by atoms with Crippen LogP contribution < -0.4 is 5.73 Å². The van der Waals surface area contributed by atoms with E-state index in [4.69, 9.17) is 10.5 Å². The fourth-order valence-corrected chi connectivity index (χ4v) is 3.38. The molecule has 2 aliphatic rings. The summed E-state index contributed by atoms with van der Waals surface area (Å²) in [5, 5.41) is -0.464. The van der Waals surface area contributed by atoms with Crippen LogP contribution in [-0.2, 0) is 14.8 Å². The van der Waals surface area contributed by atoms with Crippen molar-refractivity contribution in [2.45, 2.75) is 37.0 Å². The molecule has 0 amide bonds. The van der Waals surface area contributed by atoms with Crippen LogP contribution >= 0.6 is 0 Å². The van der Waals surface area contributed by atoms with E-state index >= 15 is 0 Å². The fourth-order valence-electron chi connectivity index (χ4n) is 1.91. The van der Waals surface area contributed by atoms with Gasteiger partial charge in [0, 0.05) is 0 Å². The summed E-state index contributed by atoms with van der Waals surface area (Å²) >= 11 is 0. The first-order valence-corrected chi connectivity index (χ1v) is 5.86. The van der Waals surface area contributed by atoms with Gasteiger partial charge in [-0.15, -0.1) is 4.40 Å². The second-order valence-corrected chi connectivity index (χ2v) is 5.24.